The van der Waals surface area contributed by atoms with Crippen LogP contribution in [0.1, 0.15) is 24.8 Å². The van der Waals surface area contributed by atoms with Crippen LogP contribution >= 0.6 is 0 Å². The molecular formula is C22H23F3N2O4. The van der Waals surface area contributed by atoms with Crippen LogP contribution in [0.2, 0.25) is 0 Å². The summed E-state index contributed by atoms with van der Waals surface area (Å²) in [4.78, 5) is 26.9. The van der Waals surface area contributed by atoms with E-state index in [1.807, 2.05) is 6.07 Å². The van der Waals surface area contributed by atoms with Crippen molar-refractivity contribution in [2.24, 2.45) is 0 Å². The molecule has 9 heteroatoms. The van der Waals surface area contributed by atoms with Gasteiger partial charge in [0.1, 0.15) is 17.5 Å². The minimum atomic E-state index is -4.78. The lowest BCUT2D eigenvalue weighted by atomic mass is 10.1. The second kappa shape index (κ2) is 10.2. The number of benzene rings is 2. The highest BCUT2D eigenvalue weighted by atomic mass is 19.4. The van der Waals surface area contributed by atoms with E-state index in [0.717, 1.165) is 12.8 Å². The average molecular weight is 436 g/mol. The van der Waals surface area contributed by atoms with Crippen molar-refractivity contribution in [2.45, 2.75) is 38.2 Å². The molecule has 6 nitrogen and oxygen atoms in total. The van der Waals surface area contributed by atoms with Gasteiger partial charge < -0.3 is 19.7 Å². The van der Waals surface area contributed by atoms with Gasteiger partial charge in [-0.2, -0.15) is 0 Å². The maximum Gasteiger partial charge on any atom is 0.573 e. The molecule has 1 heterocycles. The number of halogens is 3. The Morgan fingerprint density at radius 2 is 1.74 bits per heavy atom. The summed E-state index contributed by atoms with van der Waals surface area (Å²) < 4.78 is 46.6. The first-order chi connectivity index (χ1) is 14.8. The lowest BCUT2D eigenvalue weighted by Gasteiger charge is -2.30. The van der Waals surface area contributed by atoms with Crippen molar-refractivity contribution < 1.29 is 32.2 Å². The molecule has 1 fully saturated rings. The largest absolute Gasteiger partial charge is 0.573 e. The van der Waals surface area contributed by atoms with E-state index in [0.29, 0.717) is 24.3 Å². The number of ether oxygens (including phenoxy) is 2. The zero-order chi connectivity index (χ0) is 22.3. The quantitative estimate of drug-likeness (QED) is 0.720. The molecule has 1 aliphatic rings. The Labute approximate surface area is 177 Å². The molecule has 0 saturated carbocycles. The Balaban J connectivity index is 1.74. The highest BCUT2D eigenvalue weighted by Crippen LogP contribution is 2.24. The third-order valence-electron chi connectivity index (χ3n) is 4.82. The Morgan fingerprint density at radius 3 is 2.42 bits per heavy atom. The van der Waals surface area contributed by atoms with Gasteiger partial charge in [0.15, 0.2) is 6.61 Å². The summed E-state index contributed by atoms with van der Waals surface area (Å²) in [5, 5.41) is 2.81. The standard InChI is InChI=1S/C22H23F3N2O4/c23-22(24,25)31-18-11-9-16(10-12-18)14-27(19-8-4-5-13-26-21(19)29)20(28)15-30-17-6-2-1-3-7-17/h1-3,6-7,9-12,19H,4-5,8,13-15H2,(H,26,29). The number of hydrogen-bond acceptors (Lipinski definition) is 4. The molecule has 0 bridgehead atoms. The van der Waals surface area contributed by atoms with Crippen LogP contribution in [-0.2, 0) is 16.1 Å². The van der Waals surface area contributed by atoms with Crippen molar-refractivity contribution in [2.75, 3.05) is 13.2 Å². The van der Waals surface area contributed by atoms with Crippen molar-refractivity contribution in [3.63, 3.8) is 0 Å². The first-order valence-corrected chi connectivity index (χ1v) is 9.91. The Kier molecular flexibility index (Phi) is 7.38. The van der Waals surface area contributed by atoms with Crippen molar-refractivity contribution in [3.8, 4) is 11.5 Å². The van der Waals surface area contributed by atoms with Gasteiger partial charge in [-0.15, -0.1) is 13.2 Å². The van der Waals surface area contributed by atoms with Gasteiger partial charge >= 0.3 is 6.36 Å². The molecule has 1 saturated heterocycles. The SMILES string of the molecule is O=C1NCCCCC1N(Cc1ccc(OC(F)(F)F)cc1)C(=O)COc1ccccc1. The number of nitrogens with one attached hydrogen (secondary N) is 1. The van der Waals surface area contributed by atoms with Gasteiger partial charge in [-0.1, -0.05) is 30.3 Å². The third-order valence-corrected chi connectivity index (χ3v) is 4.82. The molecule has 0 aliphatic carbocycles. The van der Waals surface area contributed by atoms with Crippen LogP contribution in [-0.4, -0.2) is 42.3 Å². The highest BCUT2D eigenvalue weighted by Gasteiger charge is 2.32. The van der Waals surface area contributed by atoms with E-state index in [1.54, 1.807) is 24.3 Å². The number of amides is 2. The van der Waals surface area contributed by atoms with Crippen LogP contribution in [0.15, 0.2) is 54.6 Å². The smallest absolute Gasteiger partial charge is 0.484 e. The van der Waals surface area contributed by atoms with Gasteiger partial charge in [-0.05, 0) is 49.1 Å². The zero-order valence-electron chi connectivity index (χ0n) is 16.7. The molecule has 3 rings (SSSR count). The summed E-state index contributed by atoms with van der Waals surface area (Å²) >= 11 is 0. The maximum absolute atomic E-state index is 13.0. The molecule has 0 aromatic heterocycles. The maximum atomic E-state index is 13.0. The van der Waals surface area contributed by atoms with Crippen LogP contribution in [0.3, 0.4) is 0 Å². The van der Waals surface area contributed by atoms with Crippen LogP contribution < -0.4 is 14.8 Å². The molecule has 1 atom stereocenters. The predicted octanol–water partition coefficient (Wildman–Crippen LogP) is 3.66. The number of hydrogen-bond donors (Lipinski definition) is 1. The molecule has 31 heavy (non-hydrogen) atoms. The van der Waals surface area contributed by atoms with Gasteiger partial charge in [-0.3, -0.25) is 9.59 Å². The number of rotatable bonds is 7. The minimum absolute atomic E-state index is 0.0569. The van der Waals surface area contributed by atoms with Gasteiger partial charge in [0.25, 0.3) is 5.91 Å². The highest BCUT2D eigenvalue weighted by molar-refractivity contribution is 5.88. The van der Waals surface area contributed by atoms with Crippen molar-refractivity contribution in [1.82, 2.24) is 10.2 Å². The lowest BCUT2D eigenvalue weighted by molar-refractivity contribution is -0.274. The van der Waals surface area contributed by atoms with Crippen LogP contribution in [0.25, 0.3) is 0 Å². The summed E-state index contributed by atoms with van der Waals surface area (Å²) in [6, 6.07) is 13.4. The molecule has 166 valence electrons. The van der Waals surface area contributed by atoms with Crippen molar-refractivity contribution in [3.05, 3.63) is 60.2 Å². The average Bonchev–Trinajstić information content (AvgIpc) is 2.95. The van der Waals surface area contributed by atoms with Gasteiger partial charge in [0.2, 0.25) is 5.91 Å². The molecule has 1 unspecified atom stereocenters. The fourth-order valence-electron chi connectivity index (χ4n) is 3.33. The molecule has 1 N–H and O–H groups in total. The Morgan fingerprint density at radius 1 is 1.03 bits per heavy atom. The fraction of sp³-hybridized carbons (Fsp3) is 0.364. The first-order valence-electron chi connectivity index (χ1n) is 9.91. The van der Waals surface area contributed by atoms with Gasteiger partial charge in [-0.25, -0.2) is 0 Å². The summed E-state index contributed by atoms with van der Waals surface area (Å²) in [6.45, 7) is 0.339. The number of carbonyl (C=O) groups is 2. The Hall–Kier alpha value is -3.23. The molecular weight excluding hydrogens is 413 g/mol. The molecule has 1 aliphatic heterocycles. The summed E-state index contributed by atoms with van der Waals surface area (Å²) in [5.74, 6) is -0.465. The Bertz CT molecular complexity index is 873. The summed E-state index contributed by atoms with van der Waals surface area (Å²) in [7, 11) is 0. The van der Waals surface area contributed by atoms with Gasteiger partial charge in [0.05, 0.1) is 0 Å². The van der Waals surface area contributed by atoms with E-state index in [4.69, 9.17) is 4.74 Å². The van der Waals surface area contributed by atoms with Crippen LogP contribution in [0.5, 0.6) is 11.5 Å². The number of alkyl halides is 3. The van der Waals surface area contributed by atoms with Crippen molar-refractivity contribution >= 4 is 11.8 Å². The fourth-order valence-corrected chi connectivity index (χ4v) is 3.33. The van der Waals surface area contributed by atoms with E-state index in [1.165, 1.54) is 29.2 Å². The molecule has 0 radical (unpaired) electrons. The number of para-hydroxylation sites is 1. The summed E-state index contributed by atoms with van der Waals surface area (Å²) in [6.07, 6.45) is -2.70. The van der Waals surface area contributed by atoms with E-state index >= 15 is 0 Å². The monoisotopic (exact) mass is 436 g/mol. The topological polar surface area (TPSA) is 67.9 Å². The zero-order valence-corrected chi connectivity index (χ0v) is 16.7. The summed E-state index contributed by atoms with van der Waals surface area (Å²) in [5.41, 5.74) is 0.569. The number of nitrogens with zero attached hydrogens (tertiary/aromatic N) is 1. The van der Waals surface area contributed by atoms with Gasteiger partial charge in [0, 0.05) is 13.1 Å². The predicted molar refractivity (Wildman–Crippen MR) is 106 cm³/mol. The van der Waals surface area contributed by atoms with E-state index in [9.17, 15) is 22.8 Å². The molecule has 2 aromatic rings. The molecule has 2 aromatic carbocycles. The lowest BCUT2D eigenvalue weighted by Crippen LogP contribution is -2.49. The minimum Gasteiger partial charge on any atom is -0.484 e. The van der Waals surface area contributed by atoms with E-state index in [2.05, 4.69) is 10.1 Å². The second-order valence-corrected chi connectivity index (χ2v) is 7.12. The van der Waals surface area contributed by atoms with E-state index < -0.39 is 12.4 Å². The van der Waals surface area contributed by atoms with Crippen LogP contribution in [0.4, 0.5) is 13.2 Å². The normalized spacial score (nSPS) is 16.7. The molecule has 2 amide bonds. The van der Waals surface area contributed by atoms with Crippen LogP contribution in [0, 0.1) is 0 Å². The van der Waals surface area contributed by atoms with Crippen molar-refractivity contribution in [1.29, 1.82) is 0 Å². The molecule has 0 spiro atoms. The van der Waals surface area contributed by atoms with E-state index in [-0.39, 0.29) is 30.7 Å². The third kappa shape index (κ3) is 6.91. The number of carbonyl (C=O) groups excluding carboxylic acids is 2. The second-order valence-electron chi connectivity index (χ2n) is 7.12. The first kappa shape index (κ1) is 22.5.